The van der Waals surface area contributed by atoms with Crippen LogP contribution in [0.25, 0.3) is 0 Å². The Morgan fingerprint density at radius 3 is 1.12 bits per heavy atom. The quantitative estimate of drug-likeness (QED) is 0.266. The van der Waals surface area contributed by atoms with Gasteiger partial charge in [-0.15, -0.1) is 0 Å². The SMILES string of the molecule is CCCCCCCCCCCCCCCC[N+](C)(C)C.O=C(O)O. The Morgan fingerprint density at radius 2 is 0.875 bits per heavy atom. The number of rotatable bonds is 15. The van der Waals surface area contributed by atoms with E-state index >= 15 is 0 Å². The van der Waals surface area contributed by atoms with Crippen LogP contribution in [-0.2, 0) is 0 Å². The van der Waals surface area contributed by atoms with E-state index < -0.39 is 6.16 Å². The van der Waals surface area contributed by atoms with Gasteiger partial charge >= 0.3 is 6.16 Å². The van der Waals surface area contributed by atoms with Crippen LogP contribution in [0, 0.1) is 0 Å². The van der Waals surface area contributed by atoms with E-state index in [1.165, 1.54) is 96.4 Å². The minimum absolute atomic E-state index is 1.12. The van der Waals surface area contributed by atoms with Gasteiger partial charge in [-0.05, 0) is 12.8 Å². The van der Waals surface area contributed by atoms with Crippen molar-refractivity contribution in [2.45, 2.75) is 96.8 Å². The zero-order valence-corrected chi connectivity index (χ0v) is 16.9. The minimum Gasteiger partial charge on any atom is -0.450 e. The highest BCUT2D eigenvalue weighted by molar-refractivity contribution is 5.53. The molecule has 24 heavy (non-hydrogen) atoms. The van der Waals surface area contributed by atoms with Crippen molar-refractivity contribution in [2.75, 3.05) is 27.7 Å². The molecular formula is C20H44NO3+. The van der Waals surface area contributed by atoms with Gasteiger partial charge in [0.15, 0.2) is 0 Å². The molecule has 0 aliphatic carbocycles. The first kappa shape index (κ1) is 25.5. The molecule has 2 N–H and O–H groups in total. The predicted octanol–water partition coefficient (Wildman–Crippen LogP) is 6.40. The van der Waals surface area contributed by atoms with Crippen molar-refractivity contribution in [1.82, 2.24) is 0 Å². The molecular weight excluding hydrogens is 302 g/mol. The molecule has 0 aromatic rings. The van der Waals surface area contributed by atoms with Gasteiger partial charge in [0.1, 0.15) is 0 Å². The Kier molecular flexibility index (Phi) is 19.7. The average molecular weight is 347 g/mol. The number of hydrogen-bond acceptors (Lipinski definition) is 1. The summed E-state index contributed by atoms with van der Waals surface area (Å²) < 4.78 is 1.12. The number of hydrogen-bond donors (Lipinski definition) is 2. The molecule has 4 heteroatoms. The van der Waals surface area contributed by atoms with Crippen LogP contribution >= 0.6 is 0 Å². The Balaban J connectivity index is 0. The van der Waals surface area contributed by atoms with E-state index in [4.69, 9.17) is 15.0 Å². The van der Waals surface area contributed by atoms with Gasteiger partial charge in [-0.2, -0.15) is 0 Å². The number of nitrogens with zero attached hydrogens (tertiary/aromatic N) is 1. The molecule has 0 aromatic carbocycles. The Hall–Kier alpha value is -0.770. The molecule has 0 rings (SSSR count). The van der Waals surface area contributed by atoms with Crippen LogP contribution < -0.4 is 0 Å². The molecule has 0 spiro atoms. The summed E-state index contributed by atoms with van der Waals surface area (Å²) in [4.78, 5) is 8.56. The van der Waals surface area contributed by atoms with Crippen LogP contribution in [0.5, 0.6) is 0 Å². The first-order valence-corrected chi connectivity index (χ1v) is 10.0. The lowest BCUT2D eigenvalue weighted by atomic mass is 10.0. The molecule has 0 radical (unpaired) electrons. The first-order valence-electron chi connectivity index (χ1n) is 10.0. The topological polar surface area (TPSA) is 57.5 Å². The van der Waals surface area contributed by atoms with Gasteiger partial charge in [-0.25, -0.2) is 4.79 Å². The van der Waals surface area contributed by atoms with Gasteiger partial charge in [-0.1, -0.05) is 84.0 Å². The van der Waals surface area contributed by atoms with E-state index in [1.807, 2.05) is 0 Å². The third kappa shape index (κ3) is 33.0. The second kappa shape index (κ2) is 18.6. The molecule has 0 saturated heterocycles. The van der Waals surface area contributed by atoms with Crippen molar-refractivity contribution in [3.63, 3.8) is 0 Å². The second-order valence-corrected chi connectivity index (χ2v) is 7.89. The summed E-state index contributed by atoms with van der Waals surface area (Å²) >= 11 is 0. The molecule has 0 aliphatic heterocycles. The second-order valence-electron chi connectivity index (χ2n) is 7.89. The van der Waals surface area contributed by atoms with Gasteiger partial charge in [0.25, 0.3) is 0 Å². The van der Waals surface area contributed by atoms with E-state index in [-0.39, 0.29) is 0 Å². The molecule has 0 aliphatic rings. The Morgan fingerprint density at radius 1 is 0.625 bits per heavy atom. The zero-order valence-electron chi connectivity index (χ0n) is 16.9. The molecule has 0 bridgehead atoms. The Bertz CT molecular complexity index is 258. The number of quaternary nitrogens is 1. The highest BCUT2D eigenvalue weighted by Gasteiger charge is 2.04. The molecule has 0 amide bonds. The van der Waals surface area contributed by atoms with Crippen LogP contribution in [0.15, 0.2) is 0 Å². The third-order valence-corrected chi connectivity index (χ3v) is 4.18. The zero-order chi connectivity index (χ0) is 18.7. The summed E-state index contributed by atoms with van der Waals surface area (Å²) in [7, 11) is 6.88. The maximum Gasteiger partial charge on any atom is 0.503 e. The van der Waals surface area contributed by atoms with Crippen LogP contribution in [0.1, 0.15) is 96.8 Å². The van der Waals surface area contributed by atoms with E-state index in [0.717, 1.165) is 4.48 Å². The molecule has 0 unspecified atom stereocenters. The fraction of sp³-hybridized carbons (Fsp3) is 0.950. The summed E-state index contributed by atoms with van der Waals surface area (Å²) in [6.07, 6.45) is 18.5. The van der Waals surface area contributed by atoms with Crippen molar-refractivity contribution in [3.05, 3.63) is 0 Å². The van der Waals surface area contributed by atoms with Crippen LogP contribution in [0.4, 0.5) is 4.79 Å². The van der Waals surface area contributed by atoms with Crippen molar-refractivity contribution in [3.8, 4) is 0 Å². The van der Waals surface area contributed by atoms with Gasteiger partial charge < -0.3 is 14.7 Å². The standard InChI is InChI=1S/C19H42N.CH2O3/c1-5-6-7-8-9-10-11-12-13-14-15-16-17-18-19-20(2,3)4;2-1(3)4/h5-19H2,1-4H3;(H2,2,3,4)/q+1;. The summed E-state index contributed by atoms with van der Waals surface area (Å²) in [5.41, 5.74) is 0. The highest BCUT2D eigenvalue weighted by Crippen LogP contribution is 2.13. The maximum absolute atomic E-state index is 8.56. The molecule has 0 atom stereocenters. The lowest BCUT2D eigenvalue weighted by Crippen LogP contribution is -2.35. The maximum atomic E-state index is 8.56. The van der Waals surface area contributed by atoms with Crippen LogP contribution in [-0.4, -0.2) is 48.5 Å². The van der Waals surface area contributed by atoms with Crippen molar-refractivity contribution in [2.24, 2.45) is 0 Å². The van der Waals surface area contributed by atoms with Crippen LogP contribution in [0.2, 0.25) is 0 Å². The number of carboxylic acid groups (broad SMARTS) is 2. The highest BCUT2D eigenvalue weighted by atomic mass is 16.6. The van der Waals surface area contributed by atoms with Gasteiger partial charge in [0.2, 0.25) is 0 Å². The van der Waals surface area contributed by atoms with E-state index in [9.17, 15) is 0 Å². The molecule has 0 fully saturated rings. The van der Waals surface area contributed by atoms with Crippen molar-refractivity contribution >= 4 is 6.16 Å². The summed E-state index contributed by atoms with van der Waals surface area (Å²) in [5, 5.41) is 13.9. The largest absolute Gasteiger partial charge is 0.503 e. The van der Waals surface area contributed by atoms with Gasteiger partial charge in [-0.3, -0.25) is 0 Å². The van der Waals surface area contributed by atoms with E-state index in [2.05, 4.69) is 28.1 Å². The lowest BCUT2D eigenvalue weighted by molar-refractivity contribution is -0.870. The lowest BCUT2D eigenvalue weighted by Gasteiger charge is -2.23. The number of unbranched alkanes of at least 4 members (excludes halogenated alkanes) is 13. The first-order chi connectivity index (χ1) is 11.3. The molecule has 4 nitrogen and oxygen atoms in total. The molecule has 0 aromatic heterocycles. The van der Waals surface area contributed by atoms with Gasteiger partial charge in [0, 0.05) is 0 Å². The summed E-state index contributed by atoms with van der Waals surface area (Å²) in [6, 6.07) is 0. The number of carbonyl (C=O) groups is 1. The monoisotopic (exact) mass is 346 g/mol. The van der Waals surface area contributed by atoms with Crippen molar-refractivity contribution < 1.29 is 19.5 Å². The summed E-state index contributed by atoms with van der Waals surface area (Å²) in [6.45, 7) is 3.63. The van der Waals surface area contributed by atoms with E-state index in [1.54, 1.807) is 0 Å². The molecule has 0 saturated carbocycles. The smallest absolute Gasteiger partial charge is 0.450 e. The van der Waals surface area contributed by atoms with Crippen LogP contribution in [0.3, 0.4) is 0 Å². The van der Waals surface area contributed by atoms with Gasteiger partial charge in [0.05, 0.1) is 27.7 Å². The fourth-order valence-electron chi connectivity index (χ4n) is 2.78. The normalized spacial score (nSPS) is 11.0. The van der Waals surface area contributed by atoms with E-state index in [0.29, 0.717) is 0 Å². The molecule has 146 valence electrons. The predicted molar refractivity (Wildman–Crippen MR) is 104 cm³/mol. The fourth-order valence-corrected chi connectivity index (χ4v) is 2.78. The minimum atomic E-state index is -1.83. The molecule has 0 heterocycles. The summed E-state index contributed by atoms with van der Waals surface area (Å²) in [5.74, 6) is 0. The third-order valence-electron chi connectivity index (χ3n) is 4.18. The average Bonchev–Trinajstić information content (AvgIpc) is 2.46. The Labute approximate surface area is 150 Å². The van der Waals surface area contributed by atoms with Crippen molar-refractivity contribution in [1.29, 1.82) is 0 Å².